The Hall–Kier alpha value is -1.64. The summed E-state index contributed by atoms with van der Waals surface area (Å²) in [6.07, 6.45) is 2.70. The Morgan fingerprint density at radius 2 is 2.13 bits per heavy atom. The van der Waals surface area contributed by atoms with E-state index in [0.717, 1.165) is 19.3 Å². The highest BCUT2D eigenvalue weighted by molar-refractivity contribution is 7.90. The number of carbonyl (C=O) groups excluding carboxylic acids is 1. The van der Waals surface area contributed by atoms with E-state index in [4.69, 9.17) is 0 Å². The molecule has 1 aliphatic heterocycles. The van der Waals surface area contributed by atoms with Crippen molar-refractivity contribution >= 4 is 33.7 Å². The van der Waals surface area contributed by atoms with E-state index in [0.29, 0.717) is 12.1 Å². The fourth-order valence-corrected chi connectivity index (χ4v) is 3.48. The highest BCUT2D eigenvalue weighted by Gasteiger charge is 2.29. The lowest BCUT2D eigenvalue weighted by Crippen LogP contribution is -2.52. The van der Waals surface area contributed by atoms with Gasteiger partial charge in [0.1, 0.15) is 0 Å². The second-order valence-corrected chi connectivity index (χ2v) is 7.43. The predicted molar refractivity (Wildman–Crippen MR) is 88.9 cm³/mol. The summed E-state index contributed by atoms with van der Waals surface area (Å²) >= 11 is 0. The summed E-state index contributed by atoms with van der Waals surface area (Å²) in [5.74, 6) is -0.229. The molecule has 1 atom stereocenters. The van der Waals surface area contributed by atoms with Crippen LogP contribution >= 0.6 is 12.4 Å². The first-order chi connectivity index (χ1) is 10.4. The zero-order chi connectivity index (χ0) is 15.9. The Labute approximate surface area is 141 Å². The number of fused-ring (bicyclic) bond motifs is 1. The predicted octanol–water partition coefficient (Wildman–Crippen LogP) is 0.594. The number of nitrogens with zero attached hydrogens (tertiary/aromatic N) is 3. The van der Waals surface area contributed by atoms with E-state index < -0.39 is 9.84 Å². The summed E-state index contributed by atoms with van der Waals surface area (Å²) < 4.78 is 25.3. The van der Waals surface area contributed by atoms with Crippen LogP contribution in [0.5, 0.6) is 0 Å². The number of halogens is 1. The molecule has 1 N–H and O–H groups in total. The molecule has 3 rings (SSSR count). The third-order valence-electron chi connectivity index (χ3n) is 3.81. The Bertz CT molecular complexity index is 834. The monoisotopic (exact) mass is 358 g/mol. The van der Waals surface area contributed by atoms with E-state index in [9.17, 15) is 13.2 Å². The smallest absolute Gasteiger partial charge is 0.275 e. The molecule has 0 saturated carbocycles. The lowest BCUT2D eigenvalue weighted by Gasteiger charge is -2.33. The topological polar surface area (TPSA) is 83.8 Å². The molecule has 1 aliphatic rings. The van der Waals surface area contributed by atoms with Crippen LogP contribution < -0.4 is 5.32 Å². The molecule has 2 aromatic rings. The molecule has 0 aliphatic carbocycles. The van der Waals surface area contributed by atoms with Crippen molar-refractivity contribution in [1.29, 1.82) is 0 Å². The number of rotatable bonds is 2. The standard InChI is InChI=1S/C14H18N4O3S.ClH/c1-10-9-15-6-8-17(10)13(19)12-11-5-3-4-7-18(11)14(16-12)22(2,20)21;/h3-5,7,10,15H,6,8-9H2,1-2H3;1H/t10-;/m1./s1. The number of sulfone groups is 1. The number of hydrogen-bond donors (Lipinski definition) is 1. The zero-order valence-electron chi connectivity index (χ0n) is 12.9. The van der Waals surface area contributed by atoms with Crippen LogP contribution in [0.3, 0.4) is 0 Å². The maximum Gasteiger partial charge on any atom is 0.275 e. The van der Waals surface area contributed by atoms with Crippen molar-refractivity contribution < 1.29 is 13.2 Å². The molecule has 23 heavy (non-hydrogen) atoms. The average molecular weight is 359 g/mol. The summed E-state index contributed by atoms with van der Waals surface area (Å²) in [5, 5.41) is 3.12. The van der Waals surface area contributed by atoms with E-state index in [1.54, 1.807) is 29.3 Å². The van der Waals surface area contributed by atoms with Crippen molar-refractivity contribution in [3.8, 4) is 0 Å². The van der Waals surface area contributed by atoms with Crippen LogP contribution in [0.25, 0.3) is 5.52 Å². The first-order valence-electron chi connectivity index (χ1n) is 7.08. The van der Waals surface area contributed by atoms with E-state index in [2.05, 4.69) is 10.3 Å². The molecule has 1 amide bonds. The fraction of sp³-hybridized carbons (Fsp3) is 0.429. The van der Waals surface area contributed by atoms with Gasteiger partial charge in [-0.2, -0.15) is 0 Å². The molecule has 2 aromatic heterocycles. The summed E-state index contributed by atoms with van der Waals surface area (Å²) in [7, 11) is -3.52. The molecular formula is C14H19ClN4O3S. The molecule has 0 spiro atoms. The van der Waals surface area contributed by atoms with Crippen LogP contribution in [-0.2, 0) is 9.84 Å². The molecule has 3 heterocycles. The third kappa shape index (κ3) is 3.19. The maximum atomic E-state index is 12.8. The number of piperazine rings is 1. The first kappa shape index (κ1) is 17.7. The van der Waals surface area contributed by atoms with Gasteiger partial charge in [-0.1, -0.05) is 6.07 Å². The number of aromatic nitrogens is 2. The summed E-state index contributed by atoms with van der Waals surface area (Å²) in [6.45, 7) is 3.98. The molecule has 0 bridgehead atoms. The number of pyridine rings is 1. The lowest BCUT2D eigenvalue weighted by atomic mass is 10.2. The zero-order valence-corrected chi connectivity index (χ0v) is 14.5. The Kier molecular flexibility index (Phi) is 4.98. The van der Waals surface area contributed by atoms with Gasteiger partial charge in [0, 0.05) is 38.1 Å². The maximum absolute atomic E-state index is 12.8. The largest absolute Gasteiger partial charge is 0.332 e. The lowest BCUT2D eigenvalue weighted by molar-refractivity contribution is 0.0652. The van der Waals surface area contributed by atoms with Gasteiger partial charge in [-0.3, -0.25) is 9.20 Å². The SMILES string of the molecule is C[C@@H]1CNCCN1C(=O)c1nc(S(C)(=O)=O)n2ccccc12.Cl. The van der Waals surface area contributed by atoms with Crippen LogP contribution in [0.4, 0.5) is 0 Å². The molecule has 126 valence electrons. The molecule has 9 heteroatoms. The highest BCUT2D eigenvalue weighted by Crippen LogP contribution is 2.19. The van der Waals surface area contributed by atoms with E-state index in [1.165, 1.54) is 4.40 Å². The van der Waals surface area contributed by atoms with Gasteiger partial charge in [-0.15, -0.1) is 12.4 Å². The number of imidazole rings is 1. The van der Waals surface area contributed by atoms with Crippen LogP contribution in [0.15, 0.2) is 29.6 Å². The Balaban J connectivity index is 0.00000192. The van der Waals surface area contributed by atoms with Crippen molar-refractivity contribution in [2.75, 3.05) is 25.9 Å². The van der Waals surface area contributed by atoms with Crippen LogP contribution in [0.2, 0.25) is 0 Å². The van der Waals surface area contributed by atoms with Crippen LogP contribution in [-0.4, -0.2) is 60.5 Å². The molecule has 1 fully saturated rings. The first-order valence-corrected chi connectivity index (χ1v) is 8.97. The molecule has 0 radical (unpaired) electrons. The summed E-state index contributed by atoms with van der Waals surface area (Å²) in [4.78, 5) is 18.7. The average Bonchev–Trinajstić information content (AvgIpc) is 2.87. The Morgan fingerprint density at radius 3 is 2.78 bits per heavy atom. The van der Waals surface area contributed by atoms with Crippen molar-refractivity contribution in [2.45, 2.75) is 18.1 Å². The minimum atomic E-state index is -3.52. The van der Waals surface area contributed by atoms with E-state index in [1.807, 2.05) is 6.92 Å². The van der Waals surface area contributed by atoms with Gasteiger partial charge in [0.25, 0.3) is 5.91 Å². The molecule has 1 saturated heterocycles. The minimum absolute atomic E-state index is 0. The van der Waals surface area contributed by atoms with Gasteiger partial charge < -0.3 is 10.2 Å². The second-order valence-electron chi connectivity index (χ2n) is 5.52. The van der Waals surface area contributed by atoms with Gasteiger partial charge in [-0.25, -0.2) is 13.4 Å². The fourth-order valence-electron chi connectivity index (χ4n) is 2.71. The third-order valence-corrected chi connectivity index (χ3v) is 4.76. The van der Waals surface area contributed by atoms with Gasteiger partial charge >= 0.3 is 0 Å². The molecular weight excluding hydrogens is 340 g/mol. The highest BCUT2D eigenvalue weighted by atomic mass is 35.5. The molecule has 0 aromatic carbocycles. The van der Waals surface area contributed by atoms with Crippen molar-refractivity contribution in [3.63, 3.8) is 0 Å². The van der Waals surface area contributed by atoms with Crippen molar-refractivity contribution in [1.82, 2.24) is 19.6 Å². The molecule has 0 unspecified atom stereocenters. The molecule has 7 nitrogen and oxygen atoms in total. The van der Waals surface area contributed by atoms with Crippen LogP contribution in [0.1, 0.15) is 17.4 Å². The van der Waals surface area contributed by atoms with Crippen molar-refractivity contribution in [3.05, 3.63) is 30.1 Å². The van der Waals surface area contributed by atoms with Gasteiger partial charge in [0.15, 0.2) is 5.69 Å². The quantitative estimate of drug-likeness (QED) is 0.849. The summed E-state index contributed by atoms with van der Waals surface area (Å²) in [5.41, 5.74) is 0.702. The Morgan fingerprint density at radius 1 is 1.39 bits per heavy atom. The normalized spacial score (nSPS) is 18.7. The summed E-state index contributed by atoms with van der Waals surface area (Å²) in [6, 6.07) is 5.23. The number of carbonyl (C=O) groups is 1. The second kappa shape index (κ2) is 6.46. The van der Waals surface area contributed by atoms with Crippen molar-refractivity contribution in [2.24, 2.45) is 0 Å². The van der Waals surface area contributed by atoms with Gasteiger partial charge in [-0.05, 0) is 19.1 Å². The minimum Gasteiger partial charge on any atom is -0.332 e. The van der Waals surface area contributed by atoms with Gasteiger partial charge in [0.05, 0.1) is 5.52 Å². The van der Waals surface area contributed by atoms with Gasteiger partial charge in [0.2, 0.25) is 15.0 Å². The van der Waals surface area contributed by atoms with E-state index in [-0.39, 0.29) is 35.2 Å². The van der Waals surface area contributed by atoms with Crippen LogP contribution in [0, 0.1) is 0 Å². The number of nitrogens with one attached hydrogen (secondary N) is 1. The number of amides is 1. The number of hydrogen-bond acceptors (Lipinski definition) is 5. The van der Waals surface area contributed by atoms with E-state index >= 15 is 0 Å².